The number of hydrogen-bond acceptors (Lipinski definition) is 2. The lowest BCUT2D eigenvalue weighted by Gasteiger charge is -2.24. The summed E-state index contributed by atoms with van der Waals surface area (Å²) in [5, 5.41) is 3.13. The SMILES string of the molecule is [2H]c1c([2H])c([2H])c(-c2ccc(N(c3ccc(-c4c([2H])c([2H])c([2H])c([2H])c4[2H])cc3)c3ccc(-c4ccc5c(c4)c4ccccc4n5-c4ccccc4)s3)cc2)c([2H])c1[2H]. The van der Waals surface area contributed by atoms with E-state index in [9.17, 15) is 0 Å². The number of anilines is 3. The van der Waals surface area contributed by atoms with Gasteiger partial charge in [-0.15, -0.1) is 11.3 Å². The molecule has 0 saturated heterocycles. The van der Waals surface area contributed by atoms with Crippen LogP contribution < -0.4 is 4.90 Å². The minimum absolute atomic E-state index is 0.111. The van der Waals surface area contributed by atoms with Crippen molar-refractivity contribution >= 4 is 49.5 Å². The third-order valence-electron chi connectivity index (χ3n) is 8.61. The van der Waals surface area contributed by atoms with Gasteiger partial charge in [0.2, 0.25) is 0 Å². The van der Waals surface area contributed by atoms with E-state index in [4.69, 9.17) is 13.7 Å². The number of rotatable bonds is 7. The molecule has 0 aliphatic carbocycles. The fourth-order valence-corrected chi connectivity index (χ4v) is 7.38. The Morgan fingerprint density at radius 1 is 0.449 bits per heavy atom. The molecule has 2 aromatic heterocycles. The zero-order chi connectivity index (χ0) is 41.3. The Kier molecular flexibility index (Phi) is 5.15. The molecule has 0 aliphatic heterocycles. The number of benzene rings is 7. The van der Waals surface area contributed by atoms with Crippen molar-refractivity contribution in [2.75, 3.05) is 4.90 Å². The Labute approximate surface area is 304 Å². The highest BCUT2D eigenvalue weighted by Gasteiger charge is 2.18. The molecule has 9 rings (SSSR count). The molecule has 0 saturated carbocycles. The fraction of sp³-hybridized carbons (Fsp3) is 0. The van der Waals surface area contributed by atoms with E-state index in [2.05, 4.69) is 65.2 Å². The van der Waals surface area contributed by atoms with E-state index < -0.39 is 36.3 Å². The number of hydrogen-bond donors (Lipinski definition) is 0. The lowest BCUT2D eigenvalue weighted by Crippen LogP contribution is -2.08. The van der Waals surface area contributed by atoms with Gasteiger partial charge in [-0.2, -0.15) is 0 Å². The topological polar surface area (TPSA) is 8.17 Å². The molecule has 7 aromatic carbocycles. The number of thiophene rings is 1. The molecular weight excluding hydrogens is 613 g/mol. The van der Waals surface area contributed by atoms with Crippen molar-refractivity contribution in [1.82, 2.24) is 4.57 Å². The average molecular weight is 655 g/mol. The van der Waals surface area contributed by atoms with E-state index in [1.54, 1.807) is 35.6 Å². The predicted molar refractivity (Wildman–Crippen MR) is 210 cm³/mol. The molecule has 0 atom stereocenters. The molecule has 0 fully saturated rings. The quantitative estimate of drug-likeness (QED) is 0.166. The molecule has 0 unspecified atom stereocenters. The Morgan fingerprint density at radius 2 is 1.00 bits per heavy atom. The van der Waals surface area contributed by atoms with Crippen molar-refractivity contribution in [1.29, 1.82) is 0 Å². The Balaban J connectivity index is 1.16. The predicted octanol–water partition coefficient (Wildman–Crippen LogP) is 13.3. The molecule has 0 amide bonds. The van der Waals surface area contributed by atoms with Crippen LogP contribution in [0.1, 0.15) is 13.7 Å². The number of para-hydroxylation sites is 2. The highest BCUT2D eigenvalue weighted by Crippen LogP contribution is 2.44. The van der Waals surface area contributed by atoms with Gasteiger partial charge in [0, 0.05) is 32.7 Å². The van der Waals surface area contributed by atoms with Crippen molar-refractivity contribution in [3.05, 3.63) is 194 Å². The van der Waals surface area contributed by atoms with Gasteiger partial charge in [-0.1, -0.05) is 127 Å². The minimum Gasteiger partial charge on any atom is -0.309 e. The van der Waals surface area contributed by atoms with Gasteiger partial charge < -0.3 is 9.47 Å². The maximum Gasteiger partial charge on any atom is 0.101 e. The average Bonchev–Trinajstić information content (AvgIpc) is 3.88. The Hall–Kier alpha value is -6.16. The van der Waals surface area contributed by atoms with Crippen LogP contribution in [0.3, 0.4) is 0 Å². The summed E-state index contributed by atoms with van der Waals surface area (Å²) in [6, 6.07) is 40.0. The maximum absolute atomic E-state index is 8.52. The molecule has 49 heavy (non-hydrogen) atoms. The molecule has 3 heteroatoms. The van der Waals surface area contributed by atoms with Crippen molar-refractivity contribution in [2.24, 2.45) is 0 Å². The van der Waals surface area contributed by atoms with E-state index in [1.165, 1.54) is 0 Å². The van der Waals surface area contributed by atoms with Gasteiger partial charge in [-0.25, -0.2) is 0 Å². The van der Waals surface area contributed by atoms with Gasteiger partial charge in [0.15, 0.2) is 0 Å². The largest absolute Gasteiger partial charge is 0.309 e. The first kappa shape index (κ1) is 20.3. The molecule has 0 aliphatic rings. The Morgan fingerprint density at radius 3 is 1.63 bits per heavy atom. The van der Waals surface area contributed by atoms with E-state index in [1.807, 2.05) is 53.4 Å². The van der Waals surface area contributed by atoms with Crippen LogP contribution in [0.2, 0.25) is 0 Å². The number of nitrogens with zero attached hydrogens (tertiary/aromatic N) is 2. The maximum atomic E-state index is 8.52. The Bertz CT molecular complexity index is 2930. The standard InChI is InChI=1S/C46H32N2S/c1-4-12-33(13-5-1)35-20-25-39(26-21-35)47(40-27-22-36(23-28-40)34-14-6-2-7-15-34)46-31-30-45(49-46)37-24-29-44-42(32-37)41-18-10-11-19-43(41)48(44)38-16-8-3-9-17-38/h1-32H/i1D,2D,4D,5D,6D,7D,12D,13D,14D,15D. The van der Waals surface area contributed by atoms with Crippen molar-refractivity contribution in [2.45, 2.75) is 0 Å². The lowest BCUT2D eigenvalue weighted by atomic mass is 10.0. The lowest BCUT2D eigenvalue weighted by molar-refractivity contribution is 1.18. The molecule has 0 bridgehead atoms. The first-order valence-corrected chi connectivity index (χ1v) is 16.6. The summed E-state index contributed by atoms with van der Waals surface area (Å²) in [5.74, 6) is 0. The highest BCUT2D eigenvalue weighted by molar-refractivity contribution is 7.19. The zero-order valence-electron chi connectivity index (χ0n) is 36.0. The summed E-state index contributed by atoms with van der Waals surface area (Å²) in [6.07, 6.45) is 0. The molecule has 232 valence electrons. The first-order valence-electron chi connectivity index (χ1n) is 20.8. The van der Waals surface area contributed by atoms with E-state index in [0.717, 1.165) is 54.3 Å². The second-order valence-electron chi connectivity index (χ2n) is 11.5. The normalized spacial score (nSPS) is 14.1. The van der Waals surface area contributed by atoms with E-state index in [0.29, 0.717) is 11.1 Å². The molecule has 2 heterocycles. The minimum atomic E-state index is -0.451. The summed E-state index contributed by atoms with van der Waals surface area (Å²) < 4.78 is 85.2. The number of aromatic nitrogens is 1. The second-order valence-corrected chi connectivity index (χ2v) is 12.5. The van der Waals surface area contributed by atoms with Gasteiger partial charge in [-0.3, -0.25) is 0 Å². The van der Waals surface area contributed by atoms with E-state index >= 15 is 0 Å². The van der Waals surface area contributed by atoms with Crippen LogP contribution in [0, 0.1) is 0 Å². The molecule has 9 aromatic rings. The van der Waals surface area contributed by atoms with Crippen molar-refractivity contribution < 1.29 is 13.7 Å². The summed E-state index contributed by atoms with van der Waals surface area (Å²) in [7, 11) is 0. The van der Waals surface area contributed by atoms with Crippen LogP contribution in [-0.4, -0.2) is 4.57 Å². The summed E-state index contributed by atoms with van der Waals surface area (Å²) in [5.41, 5.74) is 6.94. The highest BCUT2D eigenvalue weighted by atomic mass is 32.1. The van der Waals surface area contributed by atoms with E-state index in [-0.39, 0.29) is 35.3 Å². The van der Waals surface area contributed by atoms with Gasteiger partial charge in [0.1, 0.15) is 5.00 Å². The fourth-order valence-electron chi connectivity index (χ4n) is 6.33. The third kappa shape index (κ3) is 5.41. The monoisotopic (exact) mass is 654 g/mol. The van der Waals surface area contributed by atoms with Crippen LogP contribution in [0.4, 0.5) is 16.4 Å². The summed E-state index contributed by atoms with van der Waals surface area (Å²) in [4.78, 5) is 3.06. The molecule has 2 nitrogen and oxygen atoms in total. The first-order chi connectivity index (χ1) is 28.4. The molecule has 0 spiro atoms. The number of fused-ring (bicyclic) bond motifs is 3. The zero-order valence-corrected chi connectivity index (χ0v) is 26.8. The molecular formula is C46H32N2S. The van der Waals surface area contributed by atoms with Gasteiger partial charge in [-0.05, 0) is 94.5 Å². The van der Waals surface area contributed by atoms with Gasteiger partial charge in [0.25, 0.3) is 0 Å². The van der Waals surface area contributed by atoms with Crippen molar-refractivity contribution in [3.8, 4) is 38.4 Å². The van der Waals surface area contributed by atoms with Crippen LogP contribution in [0.25, 0.3) is 60.2 Å². The summed E-state index contributed by atoms with van der Waals surface area (Å²) in [6.45, 7) is 0. The smallest absolute Gasteiger partial charge is 0.101 e. The molecule has 0 radical (unpaired) electrons. The second kappa shape index (κ2) is 12.5. The van der Waals surface area contributed by atoms with Crippen LogP contribution in [0.5, 0.6) is 0 Å². The van der Waals surface area contributed by atoms with Crippen molar-refractivity contribution in [3.63, 3.8) is 0 Å². The van der Waals surface area contributed by atoms with Crippen LogP contribution in [-0.2, 0) is 0 Å². The van der Waals surface area contributed by atoms with Crippen LogP contribution >= 0.6 is 11.3 Å². The third-order valence-corrected chi connectivity index (χ3v) is 9.73. The van der Waals surface area contributed by atoms with Gasteiger partial charge in [0.05, 0.1) is 24.7 Å². The van der Waals surface area contributed by atoms with Crippen LogP contribution in [0.15, 0.2) is 194 Å². The molecule has 0 N–H and O–H groups in total. The summed E-state index contributed by atoms with van der Waals surface area (Å²) >= 11 is 1.58. The van der Waals surface area contributed by atoms with Gasteiger partial charge >= 0.3 is 0 Å².